The van der Waals surface area contributed by atoms with E-state index < -0.39 is 0 Å². The van der Waals surface area contributed by atoms with Gasteiger partial charge in [0, 0.05) is 45.9 Å². The molecule has 0 saturated heterocycles. The highest BCUT2D eigenvalue weighted by molar-refractivity contribution is 6.10. The molecule has 0 aliphatic carbocycles. The van der Waals surface area contributed by atoms with Gasteiger partial charge in [0.25, 0.3) is 0 Å². The number of ether oxygens (including phenoxy) is 1. The van der Waals surface area contributed by atoms with Gasteiger partial charge in [-0.3, -0.25) is 4.57 Å². The van der Waals surface area contributed by atoms with E-state index in [1.807, 2.05) is 6.20 Å². The fourth-order valence-electron chi connectivity index (χ4n) is 11.0. The fourth-order valence-corrected chi connectivity index (χ4v) is 11.0. The fraction of sp³-hybridized carbons (Fsp3) is 0.319. The topological polar surface area (TPSA) is 33.5 Å². The van der Waals surface area contributed by atoms with Crippen LogP contribution in [0.3, 0.4) is 0 Å². The Bertz CT molecular complexity index is 3500. The Hall–Kier alpha value is -7.11. The SMILES string of the molecule is CC(C)c1cccc(C(C)C)c1-c1ccc2c(c1)N(c1cccc(Oc3ccc4c5cc(C(C)(C)C)ccc5n(-c5cc(C(C)(C)c6ccccc6)ccn5)c4c3)c1)CN2c1cc(C(C)(C)C)cc(C(C)(C)C)c1. The van der Waals surface area contributed by atoms with E-state index in [0.29, 0.717) is 18.5 Å². The summed E-state index contributed by atoms with van der Waals surface area (Å²) in [6.07, 6.45) is 1.96. The van der Waals surface area contributed by atoms with Gasteiger partial charge < -0.3 is 14.5 Å². The molecule has 0 N–H and O–H groups in total. The van der Waals surface area contributed by atoms with Crippen molar-refractivity contribution in [3.63, 3.8) is 0 Å². The van der Waals surface area contributed by atoms with Gasteiger partial charge in [0.2, 0.25) is 0 Å². The Morgan fingerprint density at radius 1 is 0.446 bits per heavy atom. The number of nitrogens with zero attached hydrogens (tertiary/aromatic N) is 4. The van der Waals surface area contributed by atoms with Gasteiger partial charge >= 0.3 is 0 Å². The first kappa shape index (κ1) is 50.4. The van der Waals surface area contributed by atoms with Crippen LogP contribution in [0.4, 0.5) is 22.7 Å². The number of rotatable bonds is 10. The highest BCUT2D eigenvalue weighted by Crippen LogP contribution is 2.50. The quantitative estimate of drug-likeness (QED) is 0.137. The average molecular weight is 977 g/mol. The van der Waals surface area contributed by atoms with Gasteiger partial charge in [-0.2, -0.15) is 0 Å². The van der Waals surface area contributed by atoms with Gasteiger partial charge in [0.1, 0.15) is 24.0 Å². The van der Waals surface area contributed by atoms with Crippen molar-refractivity contribution in [2.45, 2.75) is 137 Å². The van der Waals surface area contributed by atoms with Crippen molar-refractivity contribution in [3.05, 3.63) is 203 Å². The second kappa shape index (κ2) is 18.7. The van der Waals surface area contributed by atoms with Gasteiger partial charge in [0.05, 0.1) is 22.4 Å². The van der Waals surface area contributed by atoms with Crippen LogP contribution in [-0.4, -0.2) is 16.2 Å². The second-order valence-corrected chi connectivity index (χ2v) is 25.1. The molecule has 378 valence electrons. The maximum Gasteiger partial charge on any atom is 0.137 e. The van der Waals surface area contributed by atoms with Gasteiger partial charge in [-0.05, 0) is 151 Å². The molecule has 0 saturated carbocycles. The Morgan fingerprint density at radius 3 is 1.73 bits per heavy atom. The number of benzene rings is 7. The zero-order valence-corrected chi connectivity index (χ0v) is 46.6. The molecule has 9 aromatic rings. The molecule has 0 bridgehead atoms. The number of anilines is 4. The summed E-state index contributed by atoms with van der Waals surface area (Å²) in [6.45, 7) is 35.3. The highest BCUT2D eigenvalue weighted by atomic mass is 16.5. The summed E-state index contributed by atoms with van der Waals surface area (Å²) in [5, 5.41) is 2.36. The van der Waals surface area contributed by atoms with Gasteiger partial charge in [0.15, 0.2) is 0 Å². The highest BCUT2D eigenvalue weighted by Gasteiger charge is 2.32. The molecule has 0 unspecified atom stereocenters. The number of fused-ring (bicyclic) bond motifs is 4. The molecule has 0 atom stereocenters. The normalized spacial score (nSPS) is 13.5. The van der Waals surface area contributed by atoms with E-state index in [9.17, 15) is 0 Å². The van der Waals surface area contributed by atoms with Crippen LogP contribution in [0, 0.1) is 0 Å². The first-order chi connectivity index (χ1) is 35.0. The predicted octanol–water partition coefficient (Wildman–Crippen LogP) is 19.4. The monoisotopic (exact) mass is 977 g/mol. The molecular formula is C69H76N4O. The van der Waals surface area contributed by atoms with E-state index in [-0.39, 0.29) is 21.7 Å². The van der Waals surface area contributed by atoms with Gasteiger partial charge in [-0.15, -0.1) is 0 Å². The number of pyridine rings is 1. The van der Waals surface area contributed by atoms with Crippen molar-refractivity contribution < 1.29 is 4.74 Å². The second-order valence-electron chi connectivity index (χ2n) is 25.1. The van der Waals surface area contributed by atoms with E-state index in [4.69, 9.17) is 9.72 Å². The Balaban J connectivity index is 1.09. The first-order valence-electron chi connectivity index (χ1n) is 26.8. The van der Waals surface area contributed by atoms with Crippen LogP contribution in [0.25, 0.3) is 38.8 Å². The van der Waals surface area contributed by atoms with Crippen molar-refractivity contribution in [2.75, 3.05) is 16.5 Å². The van der Waals surface area contributed by atoms with Crippen molar-refractivity contribution >= 4 is 44.6 Å². The molecular weight excluding hydrogens is 901 g/mol. The summed E-state index contributed by atoms with van der Waals surface area (Å²) in [5.74, 6) is 3.18. The molecule has 5 nitrogen and oxygen atoms in total. The van der Waals surface area contributed by atoms with Crippen LogP contribution >= 0.6 is 0 Å². The lowest BCUT2D eigenvalue weighted by Gasteiger charge is -2.29. The van der Waals surface area contributed by atoms with E-state index in [0.717, 1.165) is 39.4 Å². The van der Waals surface area contributed by atoms with Crippen molar-refractivity contribution in [2.24, 2.45) is 0 Å². The standard InChI is InChI=1S/C69H76N4O/c1-44(2)56-25-20-26-57(45(3)4)65(56)46-27-31-61-63(35-46)71(43-72(61)53-37-50(67(8,9)10)36-51(38-53)68(11,12)13)52-23-19-24-54(41-52)74-55-29-30-58-59-39-48(66(5,6)7)28-32-60(59)73(62(58)42-55)64-40-49(33-34-70-64)69(14,15)47-21-17-16-18-22-47/h16-42,44-45H,43H2,1-15H3. The molecule has 0 amide bonds. The third kappa shape index (κ3) is 9.40. The minimum Gasteiger partial charge on any atom is -0.457 e. The predicted molar refractivity (Wildman–Crippen MR) is 315 cm³/mol. The van der Waals surface area contributed by atoms with E-state index in [1.165, 1.54) is 72.5 Å². The largest absolute Gasteiger partial charge is 0.457 e. The van der Waals surface area contributed by atoms with Crippen LogP contribution in [-0.2, 0) is 21.7 Å². The van der Waals surface area contributed by atoms with Crippen LogP contribution in [0.2, 0.25) is 0 Å². The summed E-state index contributed by atoms with van der Waals surface area (Å²) in [6, 6.07) is 58.5. The first-order valence-corrected chi connectivity index (χ1v) is 26.8. The van der Waals surface area contributed by atoms with Crippen LogP contribution in [0.5, 0.6) is 11.5 Å². The molecule has 10 rings (SSSR count). The molecule has 5 heteroatoms. The molecule has 1 aliphatic rings. The minimum atomic E-state index is -0.230. The Labute approximate surface area is 441 Å². The Kier molecular flexibility index (Phi) is 12.7. The number of hydrogen-bond acceptors (Lipinski definition) is 4. The zero-order valence-electron chi connectivity index (χ0n) is 46.6. The van der Waals surface area contributed by atoms with Crippen LogP contribution in [0.15, 0.2) is 164 Å². The maximum atomic E-state index is 7.00. The van der Waals surface area contributed by atoms with Crippen LogP contribution in [0.1, 0.15) is 155 Å². The summed E-state index contributed by atoms with van der Waals surface area (Å²) in [7, 11) is 0. The summed E-state index contributed by atoms with van der Waals surface area (Å²) in [4.78, 5) is 10.1. The van der Waals surface area contributed by atoms with E-state index >= 15 is 0 Å². The zero-order chi connectivity index (χ0) is 52.6. The average Bonchev–Trinajstić information content (AvgIpc) is 3.91. The van der Waals surface area contributed by atoms with Gasteiger partial charge in [-0.1, -0.05) is 177 Å². The Morgan fingerprint density at radius 2 is 1.08 bits per heavy atom. The summed E-state index contributed by atoms with van der Waals surface area (Å²) >= 11 is 0. The molecule has 74 heavy (non-hydrogen) atoms. The van der Waals surface area contributed by atoms with Crippen molar-refractivity contribution in [1.29, 1.82) is 0 Å². The lowest BCUT2D eigenvalue weighted by atomic mass is 9.78. The molecule has 7 aromatic carbocycles. The minimum absolute atomic E-state index is 0.00949. The summed E-state index contributed by atoms with van der Waals surface area (Å²) in [5.41, 5.74) is 18.3. The smallest absolute Gasteiger partial charge is 0.137 e. The van der Waals surface area contributed by atoms with Gasteiger partial charge in [-0.25, -0.2) is 4.98 Å². The molecule has 0 spiro atoms. The lowest BCUT2D eigenvalue weighted by Crippen LogP contribution is -2.25. The molecule has 1 aliphatic heterocycles. The van der Waals surface area contributed by atoms with Crippen molar-refractivity contribution in [1.82, 2.24) is 9.55 Å². The molecule has 2 aromatic heterocycles. The van der Waals surface area contributed by atoms with Crippen molar-refractivity contribution in [3.8, 4) is 28.4 Å². The number of aromatic nitrogens is 2. The lowest BCUT2D eigenvalue weighted by molar-refractivity contribution is 0.483. The van der Waals surface area contributed by atoms with Crippen LogP contribution < -0.4 is 14.5 Å². The van der Waals surface area contributed by atoms with E-state index in [1.54, 1.807) is 0 Å². The maximum absolute atomic E-state index is 7.00. The third-order valence-electron chi connectivity index (χ3n) is 15.6. The van der Waals surface area contributed by atoms with E-state index in [2.05, 4.69) is 276 Å². The summed E-state index contributed by atoms with van der Waals surface area (Å²) < 4.78 is 9.32. The molecule has 0 fully saturated rings. The molecule has 3 heterocycles. The third-order valence-corrected chi connectivity index (χ3v) is 15.6. The molecule has 0 radical (unpaired) electrons. The number of hydrogen-bond donors (Lipinski definition) is 0.